The zero-order valence-electron chi connectivity index (χ0n) is 12.1. The molecule has 0 aliphatic heterocycles. The summed E-state index contributed by atoms with van der Waals surface area (Å²) in [5.74, 6) is 0.263. The van der Waals surface area contributed by atoms with Crippen LogP contribution in [0.4, 0.5) is 4.53 Å². The highest BCUT2D eigenvalue weighted by Gasteiger charge is 2.11. The van der Waals surface area contributed by atoms with Crippen LogP contribution in [0, 0.1) is 34.6 Å². The fourth-order valence-electron chi connectivity index (χ4n) is 2.60. The van der Waals surface area contributed by atoms with Gasteiger partial charge in [-0.3, -0.25) is 4.94 Å². The molecule has 0 spiro atoms. The van der Waals surface area contributed by atoms with Crippen molar-refractivity contribution in [3.63, 3.8) is 0 Å². The van der Waals surface area contributed by atoms with Crippen molar-refractivity contribution in [1.29, 1.82) is 0 Å². The molecule has 0 saturated carbocycles. The van der Waals surface area contributed by atoms with Gasteiger partial charge in [0.1, 0.15) is 0 Å². The predicted octanol–water partition coefficient (Wildman–Crippen LogP) is 5.16. The van der Waals surface area contributed by atoms with Gasteiger partial charge in [0.05, 0.1) is 0 Å². The maximum atomic E-state index is 12.3. The highest BCUT2D eigenvalue weighted by atomic mass is 19.3. The zero-order valence-corrected chi connectivity index (χ0v) is 12.1. The van der Waals surface area contributed by atoms with E-state index < -0.39 is 0 Å². The van der Waals surface area contributed by atoms with Crippen LogP contribution in [0.1, 0.15) is 27.8 Å². The summed E-state index contributed by atoms with van der Waals surface area (Å²) in [6, 6.07) is 7.83. The van der Waals surface area contributed by atoms with E-state index in [0.717, 1.165) is 16.7 Å². The number of halogens is 1. The van der Waals surface area contributed by atoms with E-state index >= 15 is 0 Å². The summed E-state index contributed by atoms with van der Waals surface area (Å²) in [7, 11) is 0. The first kappa shape index (κ1) is 13.6. The van der Waals surface area contributed by atoms with Crippen LogP contribution in [0.2, 0.25) is 0 Å². The average molecular weight is 258 g/mol. The third-order valence-electron chi connectivity index (χ3n) is 3.81. The molecule has 0 bridgehead atoms. The second-order valence-corrected chi connectivity index (χ2v) is 5.24. The van der Waals surface area contributed by atoms with Gasteiger partial charge in [-0.2, -0.15) is 0 Å². The molecule has 2 aromatic rings. The number of benzene rings is 2. The minimum Gasteiger partial charge on any atom is -0.294 e. The molecule has 0 fully saturated rings. The third-order valence-corrected chi connectivity index (χ3v) is 3.81. The second-order valence-electron chi connectivity index (χ2n) is 5.24. The van der Waals surface area contributed by atoms with E-state index in [1.807, 2.05) is 13.8 Å². The van der Waals surface area contributed by atoms with Crippen molar-refractivity contribution in [3.05, 3.63) is 52.1 Å². The Labute approximate surface area is 113 Å². The lowest BCUT2D eigenvalue weighted by Gasteiger charge is -2.14. The van der Waals surface area contributed by atoms with Gasteiger partial charge < -0.3 is 0 Å². The van der Waals surface area contributed by atoms with Gasteiger partial charge in [0.2, 0.25) is 0 Å². The molecule has 0 N–H and O–H groups in total. The number of rotatable bonds is 2. The van der Waals surface area contributed by atoms with Gasteiger partial charge >= 0.3 is 0 Å². The van der Waals surface area contributed by atoms with E-state index in [0.29, 0.717) is 0 Å². The van der Waals surface area contributed by atoms with Crippen LogP contribution in [0.3, 0.4) is 0 Å². The van der Waals surface area contributed by atoms with Gasteiger partial charge in [0, 0.05) is 4.53 Å². The van der Waals surface area contributed by atoms with Gasteiger partial charge in [0.25, 0.3) is 0 Å². The summed E-state index contributed by atoms with van der Waals surface area (Å²) in [6.07, 6.45) is 0. The standard InChI is InChI=1S/C17H19FO/c1-10-6-15(7-11(2)14(10)5)17-12(3)8-16(19-18)9-13(17)4/h6-9H,1-5H3. The smallest absolute Gasteiger partial charge is 0.172 e. The Morgan fingerprint density at radius 3 is 1.63 bits per heavy atom. The van der Waals surface area contributed by atoms with Crippen LogP contribution < -0.4 is 4.94 Å². The molecule has 0 atom stereocenters. The quantitative estimate of drug-likeness (QED) is 0.723. The molecule has 1 nitrogen and oxygen atoms in total. The first-order valence-corrected chi connectivity index (χ1v) is 6.42. The summed E-state index contributed by atoms with van der Waals surface area (Å²) >= 11 is 0. The van der Waals surface area contributed by atoms with E-state index in [1.165, 1.54) is 22.3 Å². The molecule has 0 aliphatic rings. The summed E-state index contributed by atoms with van der Waals surface area (Å²) in [6.45, 7) is 10.3. The van der Waals surface area contributed by atoms with Crippen molar-refractivity contribution in [2.24, 2.45) is 0 Å². The maximum Gasteiger partial charge on any atom is 0.172 e. The van der Waals surface area contributed by atoms with Crippen LogP contribution in [0.15, 0.2) is 24.3 Å². The SMILES string of the molecule is Cc1cc(-c2c(C)cc(OF)cc2C)cc(C)c1C. The lowest BCUT2D eigenvalue weighted by molar-refractivity contribution is -0.00630. The normalized spacial score (nSPS) is 10.6. The second kappa shape index (κ2) is 5.04. The molecule has 2 rings (SSSR count). The minimum absolute atomic E-state index is 0.263. The van der Waals surface area contributed by atoms with E-state index in [1.54, 1.807) is 12.1 Å². The molecule has 0 aliphatic carbocycles. The lowest BCUT2D eigenvalue weighted by Crippen LogP contribution is -1.93. The molecule has 19 heavy (non-hydrogen) atoms. The summed E-state index contributed by atoms with van der Waals surface area (Å²) in [5, 5.41) is 0. The van der Waals surface area contributed by atoms with Crippen molar-refractivity contribution in [2.75, 3.05) is 0 Å². The minimum atomic E-state index is 0.263. The maximum absolute atomic E-state index is 12.3. The van der Waals surface area contributed by atoms with Crippen molar-refractivity contribution in [1.82, 2.24) is 0 Å². The van der Waals surface area contributed by atoms with Crippen LogP contribution >= 0.6 is 0 Å². The molecular formula is C17H19FO. The number of hydrogen-bond donors (Lipinski definition) is 0. The van der Waals surface area contributed by atoms with Crippen molar-refractivity contribution >= 4 is 0 Å². The molecule has 2 aromatic carbocycles. The molecule has 0 amide bonds. The molecular weight excluding hydrogens is 239 g/mol. The molecule has 0 aromatic heterocycles. The van der Waals surface area contributed by atoms with Crippen molar-refractivity contribution < 1.29 is 9.47 Å². The molecule has 2 heteroatoms. The number of aryl methyl sites for hydroxylation is 4. The third kappa shape index (κ3) is 2.48. The van der Waals surface area contributed by atoms with Crippen LogP contribution in [-0.2, 0) is 0 Å². The Morgan fingerprint density at radius 1 is 0.737 bits per heavy atom. The summed E-state index contributed by atoms with van der Waals surface area (Å²) < 4.78 is 12.3. The fraction of sp³-hybridized carbons (Fsp3) is 0.294. The first-order valence-electron chi connectivity index (χ1n) is 6.42. The van der Waals surface area contributed by atoms with Gasteiger partial charge in [-0.25, -0.2) is 0 Å². The van der Waals surface area contributed by atoms with E-state index in [2.05, 4.69) is 37.8 Å². The molecule has 0 saturated heterocycles. The fourth-order valence-corrected chi connectivity index (χ4v) is 2.60. The largest absolute Gasteiger partial charge is 0.294 e. The van der Waals surface area contributed by atoms with Gasteiger partial charge in [-0.1, -0.05) is 12.1 Å². The van der Waals surface area contributed by atoms with Crippen molar-refractivity contribution in [3.8, 4) is 16.9 Å². The Morgan fingerprint density at radius 2 is 1.21 bits per heavy atom. The Kier molecular flexibility index (Phi) is 3.61. The van der Waals surface area contributed by atoms with Crippen molar-refractivity contribution in [2.45, 2.75) is 34.6 Å². The Balaban J connectivity index is 2.66. The van der Waals surface area contributed by atoms with Gasteiger partial charge in [0.15, 0.2) is 5.75 Å². The summed E-state index contributed by atoms with van der Waals surface area (Å²) in [4.78, 5) is 3.83. The predicted molar refractivity (Wildman–Crippen MR) is 77.3 cm³/mol. The Bertz CT molecular complexity index is 583. The molecule has 0 heterocycles. The van der Waals surface area contributed by atoms with Crippen LogP contribution in [-0.4, -0.2) is 0 Å². The highest BCUT2D eigenvalue weighted by molar-refractivity contribution is 5.73. The van der Waals surface area contributed by atoms with Gasteiger partial charge in [-0.05, 0) is 85.7 Å². The average Bonchev–Trinajstić information content (AvgIpc) is 2.34. The topological polar surface area (TPSA) is 9.23 Å². The lowest BCUT2D eigenvalue weighted by atomic mass is 9.91. The van der Waals surface area contributed by atoms with Crippen LogP contribution in [0.25, 0.3) is 11.1 Å². The first-order chi connectivity index (χ1) is 8.93. The van der Waals surface area contributed by atoms with Crippen LogP contribution in [0.5, 0.6) is 5.75 Å². The monoisotopic (exact) mass is 258 g/mol. The Hall–Kier alpha value is -1.83. The highest BCUT2D eigenvalue weighted by Crippen LogP contribution is 2.33. The zero-order chi connectivity index (χ0) is 14.2. The summed E-state index contributed by atoms with van der Waals surface area (Å²) in [5.41, 5.74) is 8.26. The molecule has 100 valence electrons. The number of hydrogen-bond acceptors (Lipinski definition) is 1. The van der Waals surface area contributed by atoms with E-state index in [9.17, 15) is 4.53 Å². The van der Waals surface area contributed by atoms with E-state index in [4.69, 9.17) is 0 Å². The van der Waals surface area contributed by atoms with Gasteiger partial charge in [-0.15, -0.1) is 0 Å². The van der Waals surface area contributed by atoms with E-state index in [-0.39, 0.29) is 5.75 Å². The molecule has 0 radical (unpaired) electrons. The molecule has 0 unspecified atom stereocenters.